The molecule has 3 rings (SSSR count). The Hall–Kier alpha value is -0.910. The van der Waals surface area contributed by atoms with Gasteiger partial charge in [-0.05, 0) is 49.2 Å². The summed E-state index contributed by atoms with van der Waals surface area (Å²) in [6.45, 7) is 3.36. The summed E-state index contributed by atoms with van der Waals surface area (Å²) in [5.74, 6) is 0.199. The van der Waals surface area contributed by atoms with Crippen LogP contribution in [0.2, 0.25) is 0 Å². The first-order chi connectivity index (χ1) is 9.69. The summed E-state index contributed by atoms with van der Waals surface area (Å²) in [4.78, 5) is 15.0. The molecule has 0 bridgehead atoms. The molecule has 0 aliphatic carbocycles. The predicted octanol–water partition coefficient (Wildman–Crippen LogP) is 1.77. The molecule has 1 aromatic heterocycles. The minimum atomic E-state index is -0.546. The molecule has 1 spiro atoms. The van der Waals surface area contributed by atoms with Crippen molar-refractivity contribution in [1.82, 2.24) is 10.2 Å². The number of hydrogen-bond donors (Lipinski definition) is 2. The number of amides is 1. The highest BCUT2D eigenvalue weighted by Crippen LogP contribution is 2.39. The number of aliphatic hydroxyl groups is 1. The van der Waals surface area contributed by atoms with Gasteiger partial charge in [-0.25, -0.2) is 0 Å². The van der Waals surface area contributed by atoms with Crippen LogP contribution in [0.25, 0.3) is 0 Å². The van der Waals surface area contributed by atoms with Crippen molar-refractivity contribution in [3.63, 3.8) is 0 Å². The lowest BCUT2D eigenvalue weighted by Crippen LogP contribution is -2.51. The number of nitrogens with one attached hydrogen (secondary N) is 1. The van der Waals surface area contributed by atoms with Crippen molar-refractivity contribution < 1.29 is 9.90 Å². The second kappa shape index (κ2) is 5.84. The van der Waals surface area contributed by atoms with Crippen LogP contribution < -0.4 is 5.32 Å². The van der Waals surface area contributed by atoms with E-state index >= 15 is 0 Å². The molecule has 110 valence electrons. The molecule has 2 N–H and O–H groups in total. The van der Waals surface area contributed by atoms with E-state index in [0.29, 0.717) is 13.0 Å². The van der Waals surface area contributed by atoms with Crippen LogP contribution in [0.4, 0.5) is 0 Å². The maximum absolute atomic E-state index is 12.1. The molecule has 2 aliphatic heterocycles. The van der Waals surface area contributed by atoms with Gasteiger partial charge >= 0.3 is 0 Å². The lowest BCUT2D eigenvalue weighted by molar-refractivity contribution is -0.140. The molecule has 1 amide bonds. The molecule has 0 radical (unpaired) electrons. The van der Waals surface area contributed by atoms with Crippen LogP contribution in [-0.2, 0) is 4.79 Å². The van der Waals surface area contributed by atoms with E-state index in [1.807, 2.05) is 22.4 Å². The summed E-state index contributed by atoms with van der Waals surface area (Å²) >= 11 is 1.55. The van der Waals surface area contributed by atoms with E-state index in [-0.39, 0.29) is 11.3 Å². The van der Waals surface area contributed by atoms with Crippen LogP contribution in [-0.4, -0.2) is 42.1 Å². The standard InChI is InChI=1S/C15H22N2O2S/c18-12(13-2-1-9-20-13)10-17-11-15(4-3-14(17)19)5-7-16-8-6-15/h1-2,9,12,16,18H,3-8,10-11H2/t12-/m0/s1. The number of likely N-dealkylation sites (tertiary alicyclic amines) is 1. The Morgan fingerprint density at radius 3 is 2.90 bits per heavy atom. The Kier molecular flexibility index (Phi) is 4.10. The zero-order valence-corrected chi connectivity index (χ0v) is 12.5. The van der Waals surface area contributed by atoms with Gasteiger partial charge in [-0.2, -0.15) is 0 Å². The molecule has 0 unspecified atom stereocenters. The number of aliphatic hydroxyl groups excluding tert-OH is 1. The average Bonchev–Trinajstić information content (AvgIpc) is 2.98. The van der Waals surface area contributed by atoms with E-state index in [2.05, 4.69) is 5.32 Å². The van der Waals surface area contributed by atoms with Crippen LogP contribution in [0.15, 0.2) is 17.5 Å². The van der Waals surface area contributed by atoms with E-state index < -0.39 is 6.10 Å². The zero-order valence-electron chi connectivity index (χ0n) is 11.7. The zero-order chi connectivity index (χ0) is 14.0. The predicted molar refractivity (Wildman–Crippen MR) is 79.6 cm³/mol. The summed E-state index contributed by atoms with van der Waals surface area (Å²) in [5.41, 5.74) is 0.286. The van der Waals surface area contributed by atoms with Crippen molar-refractivity contribution in [2.45, 2.75) is 31.8 Å². The number of β-amino-alcohol motifs (C(OH)–C–C–N with tert-alkyl or cyclic N) is 1. The highest BCUT2D eigenvalue weighted by Gasteiger charge is 2.39. The van der Waals surface area contributed by atoms with Gasteiger partial charge in [0, 0.05) is 17.8 Å². The molecule has 2 fully saturated rings. The average molecular weight is 294 g/mol. The molecule has 20 heavy (non-hydrogen) atoms. The van der Waals surface area contributed by atoms with Gasteiger partial charge in [-0.1, -0.05) is 6.07 Å². The lowest BCUT2D eigenvalue weighted by Gasteiger charge is -2.45. The highest BCUT2D eigenvalue weighted by atomic mass is 32.1. The number of nitrogens with zero attached hydrogens (tertiary/aromatic N) is 1. The molecule has 2 saturated heterocycles. The van der Waals surface area contributed by atoms with E-state index in [1.165, 1.54) is 0 Å². The SMILES string of the molecule is O=C1CCC2(CCNCC2)CN1C[C@H](O)c1cccs1. The number of rotatable bonds is 3. The smallest absolute Gasteiger partial charge is 0.222 e. The number of thiophene rings is 1. The number of carbonyl (C=O) groups excluding carboxylic acids is 1. The first-order valence-electron chi connectivity index (χ1n) is 7.39. The van der Waals surface area contributed by atoms with Gasteiger partial charge in [-0.15, -0.1) is 11.3 Å². The fraction of sp³-hybridized carbons (Fsp3) is 0.667. The highest BCUT2D eigenvalue weighted by molar-refractivity contribution is 7.10. The first-order valence-corrected chi connectivity index (χ1v) is 8.27. The molecule has 0 saturated carbocycles. The van der Waals surface area contributed by atoms with Crippen molar-refractivity contribution in [2.75, 3.05) is 26.2 Å². The fourth-order valence-corrected chi connectivity index (χ4v) is 4.12. The third-order valence-electron chi connectivity index (χ3n) is 4.68. The molecule has 0 aromatic carbocycles. The normalized spacial score (nSPS) is 24.1. The Balaban J connectivity index is 1.66. The maximum Gasteiger partial charge on any atom is 0.222 e. The number of piperidine rings is 2. The molecule has 1 atom stereocenters. The van der Waals surface area contributed by atoms with Crippen LogP contribution in [0.1, 0.15) is 36.7 Å². The molecule has 5 heteroatoms. The summed E-state index contributed by atoms with van der Waals surface area (Å²) in [6, 6.07) is 3.87. The van der Waals surface area contributed by atoms with Crippen LogP contribution in [0.5, 0.6) is 0 Å². The fourth-order valence-electron chi connectivity index (χ4n) is 3.41. The van der Waals surface area contributed by atoms with Crippen molar-refractivity contribution in [1.29, 1.82) is 0 Å². The van der Waals surface area contributed by atoms with Gasteiger partial charge in [0.05, 0.1) is 6.54 Å². The van der Waals surface area contributed by atoms with E-state index in [4.69, 9.17) is 0 Å². The van der Waals surface area contributed by atoms with E-state index in [1.54, 1.807) is 11.3 Å². The van der Waals surface area contributed by atoms with E-state index in [9.17, 15) is 9.90 Å². The van der Waals surface area contributed by atoms with Gasteiger partial charge in [0.15, 0.2) is 0 Å². The van der Waals surface area contributed by atoms with Crippen LogP contribution in [0.3, 0.4) is 0 Å². The summed E-state index contributed by atoms with van der Waals surface area (Å²) in [7, 11) is 0. The molecular formula is C15H22N2O2S. The molecule has 3 heterocycles. The summed E-state index contributed by atoms with van der Waals surface area (Å²) in [5, 5.41) is 15.6. The van der Waals surface area contributed by atoms with Gasteiger partial charge in [-0.3, -0.25) is 4.79 Å². The third-order valence-corrected chi connectivity index (χ3v) is 5.65. The second-order valence-electron chi connectivity index (χ2n) is 6.06. The Labute approximate surface area is 123 Å². The minimum absolute atomic E-state index is 0.199. The van der Waals surface area contributed by atoms with Crippen LogP contribution >= 0.6 is 11.3 Å². The van der Waals surface area contributed by atoms with Crippen LogP contribution in [0, 0.1) is 5.41 Å². The molecule has 2 aliphatic rings. The van der Waals surface area contributed by atoms with Gasteiger partial charge in [0.2, 0.25) is 5.91 Å². The minimum Gasteiger partial charge on any atom is -0.386 e. The third kappa shape index (κ3) is 2.90. The molecule has 4 nitrogen and oxygen atoms in total. The number of hydrogen-bond acceptors (Lipinski definition) is 4. The lowest BCUT2D eigenvalue weighted by atomic mass is 9.72. The molecule has 1 aromatic rings. The van der Waals surface area contributed by atoms with Gasteiger partial charge < -0.3 is 15.3 Å². The van der Waals surface area contributed by atoms with Crippen molar-refractivity contribution in [2.24, 2.45) is 5.41 Å². The second-order valence-corrected chi connectivity index (χ2v) is 7.03. The summed E-state index contributed by atoms with van der Waals surface area (Å²) in [6.07, 6.45) is 3.39. The Morgan fingerprint density at radius 2 is 2.20 bits per heavy atom. The topological polar surface area (TPSA) is 52.6 Å². The van der Waals surface area contributed by atoms with Crippen molar-refractivity contribution >= 4 is 17.2 Å². The first kappa shape index (κ1) is 14.0. The summed E-state index contributed by atoms with van der Waals surface area (Å²) < 4.78 is 0. The molecular weight excluding hydrogens is 272 g/mol. The largest absolute Gasteiger partial charge is 0.386 e. The quantitative estimate of drug-likeness (QED) is 0.893. The maximum atomic E-state index is 12.1. The van der Waals surface area contributed by atoms with Gasteiger partial charge in [0.1, 0.15) is 6.10 Å². The Morgan fingerprint density at radius 1 is 1.40 bits per heavy atom. The monoisotopic (exact) mass is 294 g/mol. The number of carbonyl (C=O) groups is 1. The van der Waals surface area contributed by atoms with Crippen molar-refractivity contribution in [3.05, 3.63) is 22.4 Å². The van der Waals surface area contributed by atoms with Crippen molar-refractivity contribution in [3.8, 4) is 0 Å². The Bertz CT molecular complexity index is 454. The van der Waals surface area contributed by atoms with Gasteiger partial charge in [0.25, 0.3) is 0 Å². The van der Waals surface area contributed by atoms with E-state index in [0.717, 1.165) is 43.8 Å².